The van der Waals surface area contributed by atoms with Crippen LogP contribution in [0, 0.1) is 0 Å². The van der Waals surface area contributed by atoms with Gasteiger partial charge in [-0.2, -0.15) is 0 Å². The summed E-state index contributed by atoms with van der Waals surface area (Å²) < 4.78 is 34.5. The van der Waals surface area contributed by atoms with Gasteiger partial charge in [0, 0.05) is 17.7 Å². The van der Waals surface area contributed by atoms with Gasteiger partial charge in [-0.05, 0) is 0 Å². The first kappa shape index (κ1) is 16.0. The summed E-state index contributed by atoms with van der Waals surface area (Å²) in [5.41, 5.74) is -0.375. The minimum Gasteiger partial charge on any atom is -0.507 e. The van der Waals surface area contributed by atoms with Crippen LogP contribution in [0.4, 0.5) is 0 Å². The number of sulfonamides is 1. The average Bonchev–Trinajstić information content (AvgIpc) is 2.53. The number of primary sulfonamides is 1. The fourth-order valence-electron chi connectivity index (χ4n) is 2.44. The molecule has 7 nitrogen and oxygen atoms in total. The molecule has 2 aromatic carbocycles. The Hall–Kier alpha value is -2.84. The van der Waals surface area contributed by atoms with E-state index in [1.54, 1.807) is 30.3 Å². The van der Waals surface area contributed by atoms with E-state index >= 15 is 0 Å². The third-order valence-electron chi connectivity index (χ3n) is 3.46. The van der Waals surface area contributed by atoms with Crippen molar-refractivity contribution in [2.45, 2.75) is 4.90 Å². The average molecular weight is 347 g/mol. The van der Waals surface area contributed by atoms with E-state index in [1.807, 2.05) is 0 Å². The van der Waals surface area contributed by atoms with Crippen LogP contribution in [-0.4, -0.2) is 20.6 Å². The first-order chi connectivity index (χ1) is 11.3. The lowest BCUT2D eigenvalue weighted by Gasteiger charge is -2.11. The summed E-state index contributed by atoms with van der Waals surface area (Å²) in [6.07, 6.45) is 0. The maximum absolute atomic E-state index is 12.4. The molecule has 0 atom stereocenters. The van der Waals surface area contributed by atoms with E-state index in [9.17, 15) is 18.3 Å². The van der Waals surface area contributed by atoms with E-state index in [0.717, 1.165) is 6.07 Å². The Bertz CT molecular complexity index is 1090. The Morgan fingerprint density at radius 3 is 2.42 bits per heavy atom. The number of hydrogen-bond donors (Lipinski definition) is 2. The van der Waals surface area contributed by atoms with Crippen molar-refractivity contribution in [2.24, 2.45) is 5.14 Å². The van der Waals surface area contributed by atoms with Gasteiger partial charge in [0.2, 0.25) is 10.0 Å². The summed E-state index contributed by atoms with van der Waals surface area (Å²) in [6, 6.07) is 10.8. The van der Waals surface area contributed by atoms with Gasteiger partial charge in [0.25, 0.3) is 0 Å². The SMILES string of the molecule is COc1cc(O)c2c(=O)cc(-c3ccccc3)oc2c1S(N)(=O)=O. The highest BCUT2D eigenvalue weighted by atomic mass is 32.2. The number of methoxy groups -OCH3 is 1. The molecule has 0 radical (unpaired) electrons. The number of nitrogens with two attached hydrogens (primary N) is 1. The van der Waals surface area contributed by atoms with Crippen LogP contribution in [0.2, 0.25) is 0 Å². The highest BCUT2D eigenvalue weighted by molar-refractivity contribution is 7.89. The van der Waals surface area contributed by atoms with Crippen LogP contribution in [-0.2, 0) is 10.0 Å². The number of phenolic OH excluding ortho intramolecular Hbond substituents is 1. The molecule has 0 aliphatic heterocycles. The fourth-order valence-corrected chi connectivity index (χ4v) is 3.26. The molecule has 8 heteroatoms. The summed E-state index contributed by atoms with van der Waals surface area (Å²) in [5.74, 6) is -0.524. The zero-order valence-electron chi connectivity index (χ0n) is 12.5. The molecule has 24 heavy (non-hydrogen) atoms. The van der Waals surface area contributed by atoms with Crippen molar-refractivity contribution in [1.82, 2.24) is 0 Å². The van der Waals surface area contributed by atoms with Crippen molar-refractivity contribution in [3.05, 3.63) is 52.7 Å². The monoisotopic (exact) mass is 347 g/mol. The molecule has 0 amide bonds. The van der Waals surface area contributed by atoms with Crippen molar-refractivity contribution >= 4 is 21.0 Å². The summed E-state index contributed by atoms with van der Waals surface area (Å²) >= 11 is 0. The van der Waals surface area contributed by atoms with E-state index in [1.165, 1.54) is 13.2 Å². The number of rotatable bonds is 3. The normalized spacial score (nSPS) is 11.6. The molecule has 3 rings (SSSR count). The summed E-state index contributed by atoms with van der Waals surface area (Å²) in [7, 11) is -3.06. The molecular weight excluding hydrogens is 334 g/mol. The molecule has 3 N–H and O–H groups in total. The van der Waals surface area contributed by atoms with Crippen molar-refractivity contribution in [2.75, 3.05) is 7.11 Å². The van der Waals surface area contributed by atoms with Crippen molar-refractivity contribution < 1.29 is 22.7 Å². The molecule has 0 fully saturated rings. The molecule has 0 aliphatic carbocycles. The third-order valence-corrected chi connectivity index (χ3v) is 4.42. The number of hydrogen-bond acceptors (Lipinski definition) is 6. The molecule has 3 aromatic rings. The smallest absolute Gasteiger partial charge is 0.245 e. The second-order valence-electron chi connectivity index (χ2n) is 5.02. The first-order valence-corrected chi connectivity index (χ1v) is 8.33. The van der Waals surface area contributed by atoms with Gasteiger partial charge in [-0.25, -0.2) is 13.6 Å². The third kappa shape index (κ3) is 2.61. The summed E-state index contributed by atoms with van der Waals surface area (Å²) in [5, 5.41) is 15.0. The molecule has 0 saturated heterocycles. The van der Waals surface area contributed by atoms with Gasteiger partial charge in [-0.15, -0.1) is 0 Å². The Balaban J connectivity index is 2.51. The predicted molar refractivity (Wildman–Crippen MR) is 87.5 cm³/mol. The van der Waals surface area contributed by atoms with E-state index in [4.69, 9.17) is 14.3 Å². The van der Waals surface area contributed by atoms with Gasteiger partial charge in [-0.3, -0.25) is 4.79 Å². The quantitative estimate of drug-likeness (QED) is 0.746. The Kier molecular flexibility index (Phi) is 3.78. The first-order valence-electron chi connectivity index (χ1n) is 6.79. The lowest BCUT2D eigenvalue weighted by Crippen LogP contribution is -2.15. The highest BCUT2D eigenvalue weighted by Gasteiger charge is 2.25. The lowest BCUT2D eigenvalue weighted by molar-refractivity contribution is 0.396. The number of aromatic hydroxyl groups is 1. The van der Waals surface area contributed by atoms with Crippen LogP contribution in [0.3, 0.4) is 0 Å². The minimum absolute atomic E-state index is 0.144. The standard InChI is InChI=1S/C16H13NO6S/c1-22-13-8-11(19)14-10(18)7-12(9-5-3-2-4-6-9)23-15(14)16(13)24(17,20)21/h2-8,19H,1H3,(H2,17,20,21). The largest absolute Gasteiger partial charge is 0.507 e. The zero-order chi connectivity index (χ0) is 17.5. The molecule has 0 unspecified atom stereocenters. The molecule has 0 saturated carbocycles. The van der Waals surface area contributed by atoms with Crippen molar-refractivity contribution in [1.29, 1.82) is 0 Å². The molecule has 124 valence electrons. The molecule has 0 bridgehead atoms. The second-order valence-corrected chi connectivity index (χ2v) is 6.52. The predicted octanol–water partition coefficient (Wildman–Crippen LogP) is 1.82. The van der Waals surface area contributed by atoms with Gasteiger partial charge in [-0.1, -0.05) is 30.3 Å². The molecule has 1 heterocycles. The van der Waals surface area contributed by atoms with Crippen LogP contribution < -0.4 is 15.3 Å². The number of benzene rings is 2. The topological polar surface area (TPSA) is 120 Å². The van der Waals surface area contributed by atoms with Crippen LogP contribution in [0.15, 0.2) is 56.6 Å². The molecule has 0 aliphatic rings. The van der Waals surface area contributed by atoms with Gasteiger partial charge in [0.1, 0.15) is 22.6 Å². The Labute approximate surface area is 137 Å². The van der Waals surface area contributed by atoms with Crippen LogP contribution >= 0.6 is 0 Å². The fraction of sp³-hybridized carbons (Fsp3) is 0.0625. The van der Waals surface area contributed by atoms with Gasteiger partial charge in [0.05, 0.1) is 7.11 Å². The van der Waals surface area contributed by atoms with Crippen LogP contribution in [0.25, 0.3) is 22.3 Å². The lowest BCUT2D eigenvalue weighted by atomic mass is 10.1. The van der Waals surface area contributed by atoms with Crippen LogP contribution in [0.5, 0.6) is 11.5 Å². The maximum Gasteiger partial charge on any atom is 0.245 e. The van der Waals surface area contributed by atoms with Crippen molar-refractivity contribution in [3.8, 4) is 22.8 Å². The highest BCUT2D eigenvalue weighted by Crippen LogP contribution is 2.37. The second kappa shape index (κ2) is 5.66. The van der Waals surface area contributed by atoms with Crippen molar-refractivity contribution in [3.63, 3.8) is 0 Å². The number of fused-ring (bicyclic) bond motifs is 1. The Morgan fingerprint density at radius 1 is 1.17 bits per heavy atom. The molecular formula is C16H13NO6S. The van der Waals surface area contributed by atoms with E-state index in [2.05, 4.69) is 0 Å². The van der Waals surface area contributed by atoms with E-state index in [0.29, 0.717) is 5.56 Å². The zero-order valence-corrected chi connectivity index (χ0v) is 13.3. The van der Waals surface area contributed by atoms with Crippen LogP contribution in [0.1, 0.15) is 0 Å². The molecule has 1 aromatic heterocycles. The summed E-state index contributed by atoms with van der Waals surface area (Å²) in [6.45, 7) is 0. The summed E-state index contributed by atoms with van der Waals surface area (Å²) in [4.78, 5) is 11.9. The van der Waals surface area contributed by atoms with Gasteiger partial charge >= 0.3 is 0 Å². The van der Waals surface area contributed by atoms with E-state index in [-0.39, 0.29) is 22.5 Å². The van der Waals surface area contributed by atoms with Gasteiger partial charge < -0.3 is 14.3 Å². The minimum atomic E-state index is -4.27. The number of ether oxygens (including phenoxy) is 1. The maximum atomic E-state index is 12.4. The molecule has 0 spiro atoms. The van der Waals surface area contributed by atoms with Gasteiger partial charge in [0.15, 0.2) is 15.9 Å². The number of phenols is 1. The van der Waals surface area contributed by atoms with E-state index < -0.39 is 26.1 Å². The Morgan fingerprint density at radius 2 is 1.83 bits per heavy atom.